The quantitative estimate of drug-likeness (QED) is 0.0484. The summed E-state index contributed by atoms with van der Waals surface area (Å²) in [7, 11) is -4.94. The largest absolute Gasteiger partial charge is 0.491 e. The predicted molar refractivity (Wildman–Crippen MR) is 218 cm³/mol. The predicted octanol–water partition coefficient (Wildman–Crippen LogP) is 8.92. The van der Waals surface area contributed by atoms with E-state index in [-0.39, 0.29) is 58.6 Å². The Kier molecular flexibility index (Phi) is 16.6. The Morgan fingerprint density at radius 3 is 1.45 bits per heavy atom. The number of benzene rings is 3. The number of rotatable bonds is 11. The second-order valence-electron chi connectivity index (χ2n) is 9.65. The summed E-state index contributed by atoms with van der Waals surface area (Å²) in [6, 6.07) is 5.86. The van der Waals surface area contributed by atoms with Gasteiger partial charge in [-0.15, -0.1) is 0 Å². The Morgan fingerprint density at radius 1 is 0.679 bits per heavy atom. The average Bonchev–Trinajstić information content (AvgIpc) is 3.11. The van der Waals surface area contributed by atoms with Crippen LogP contribution in [0.3, 0.4) is 0 Å². The van der Waals surface area contributed by atoms with Crippen LogP contribution in [0.5, 0.6) is 11.5 Å². The maximum atomic E-state index is 13.1. The summed E-state index contributed by atoms with van der Waals surface area (Å²) < 4.78 is 58.8. The van der Waals surface area contributed by atoms with Gasteiger partial charge in [0.15, 0.2) is 0 Å². The fraction of sp³-hybridized carbons (Fsp3) is 0.161. The minimum absolute atomic E-state index is 0.0510. The third kappa shape index (κ3) is 10.1. The normalized spacial score (nSPS) is 12.0. The van der Waals surface area contributed by atoms with E-state index in [2.05, 4.69) is 137 Å². The molecule has 0 fully saturated rings. The van der Waals surface area contributed by atoms with Gasteiger partial charge in [-0.1, -0.05) is 0 Å². The maximum Gasteiger partial charge on any atom is 0.340 e. The van der Waals surface area contributed by atoms with Gasteiger partial charge < -0.3 is 18.9 Å². The number of hydrogen-bond acceptors (Lipinski definition) is 10. The molecule has 0 saturated heterocycles. The topological polar surface area (TPSA) is 182 Å². The van der Waals surface area contributed by atoms with Crippen LogP contribution < -0.4 is 19.9 Å². The monoisotopic (exact) mass is 1250 g/mol. The molecule has 3 aromatic rings. The number of carbonyl (C=O) groups excluding carboxylic acids is 2. The SMILES string of the molecule is [C-]#[N+]/C(C#N)=c1/cc(OCCOC(=O)c2c(Br)c(Br)c(Br)c(Br)c2S(=O)(=O)O)/c(=C(\C#N)[N+]#[C-])cc1OCCOC(=O)c1c(C)c(Br)c(Br)c(Br)c1Br. The third-order valence-corrected chi connectivity index (χ3v) is 17.5. The number of nitriles is 2. The first kappa shape index (κ1) is 45.0. The van der Waals surface area contributed by atoms with Crippen LogP contribution in [0.1, 0.15) is 26.3 Å². The maximum absolute atomic E-state index is 13.1. The lowest BCUT2D eigenvalue weighted by Crippen LogP contribution is -2.23. The number of hydrogen-bond donors (Lipinski definition) is 1. The van der Waals surface area contributed by atoms with Gasteiger partial charge in [-0.25, -0.2) is 29.8 Å². The molecule has 0 unspecified atom stereocenters. The van der Waals surface area contributed by atoms with Crippen LogP contribution >= 0.6 is 127 Å². The molecule has 3 aromatic carbocycles. The highest BCUT2D eigenvalue weighted by Crippen LogP contribution is 2.44. The van der Waals surface area contributed by atoms with Crippen molar-refractivity contribution in [3.63, 3.8) is 0 Å². The number of ether oxygens (including phenoxy) is 4. The molecule has 22 heteroatoms. The summed E-state index contributed by atoms with van der Waals surface area (Å²) in [6.45, 7) is 15.2. The molecule has 13 nitrogen and oxygen atoms in total. The molecular weight excluding hydrogens is 1240 g/mol. The molecule has 274 valence electrons. The highest BCUT2D eigenvalue weighted by molar-refractivity contribution is 9.15. The zero-order valence-corrected chi connectivity index (χ0v) is 39.4. The molecule has 0 amide bonds. The van der Waals surface area contributed by atoms with E-state index < -0.39 is 57.1 Å². The van der Waals surface area contributed by atoms with E-state index in [0.29, 0.717) is 23.5 Å². The molecule has 0 heterocycles. The van der Waals surface area contributed by atoms with Crippen molar-refractivity contribution in [1.82, 2.24) is 0 Å². The molecule has 53 heavy (non-hydrogen) atoms. The molecule has 0 aromatic heterocycles. The Hall–Kier alpha value is -2.35. The number of esters is 2. The lowest BCUT2D eigenvalue weighted by molar-refractivity contribution is 0.0435. The number of carbonyl (C=O) groups is 2. The molecule has 0 spiro atoms. The fourth-order valence-electron chi connectivity index (χ4n) is 4.20. The number of halogens is 8. The fourth-order valence-corrected chi connectivity index (χ4v) is 10.6. The molecule has 1 N–H and O–H groups in total. The van der Waals surface area contributed by atoms with Gasteiger partial charge in [0.2, 0.25) is 0 Å². The first-order valence-corrected chi connectivity index (χ1v) is 21.4. The Bertz CT molecular complexity index is 2430. The molecule has 0 radical (unpaired) electrons. The van der Waals surface area contributed by atoms with Crippen LogP contribution in [-0.4, -0.2) is 51.3 Å². The van der Waals surface area contributed by atoms with Crippen molar-refractivity contribution in [2.75, 3.05) is 26.4 Å². The van der Waals surface area contributed by atoms with Crippen LogP contribution in [0.15, 0.2) is 52.8 Å². The van der Waals surface area contributed by atoms with Gasteiger partial charge >= 0.3 is 11.9 Å². The van der Waals surface area contributed by atoms with Crippen LogP contribution in [0.25, 0.3) is 21.1 Å². The first-order chi connectivity index (χ1) is 24.9. The van der Waals surface area contributed by atoms with Gasteiger partial charge in [0.25, 0.3) is 21.5 Å². The molecule has 0 aliphatic heterocycles. The van der Waals surface area contributed by atoms with Crippen molar-refractivity contribution in [3.8, 4) is 23.6 Å². The molecule has 0 atom stereocenters. The van der Waals surface area contributed by atoms with Crippen LogP contribution in [0.4, 0.5) is 0 Å². The van der Waals surface area contributed by atoms with E-state index in [0.717, 1.165) is 0 Å². The van der Waals surface area contributed by atoms with Crippen molar-refractivity contribution in [1.29, 1.82) is 10.5 Å². The summed E-state index contributed by atoms with van der Waals surface area (Å²) >= 11 is 26.2. The number of nitrogens with zero attached hydrogens (tertiary/aromatic N) is 4. The molecule has 0 saturated carbocycles. The highest BCUT2D eigenvalue weighted by Gasteiger charge is 2.32. The van der Waals surface area contributed by atoms with E-state index in [1.54, 1.807) is 19.1 Å². The van der Waals surface area contributed by atoms with E-state index in [4.69, 9.17) is 32.1 Å². The van der Waals surface area contributed by atoms with Gasteiger partial charge in [0.05, 0.1) is 40.9 Å². The van der Waals surface area contributed by atoms with Crippen LogP contribution in [-0.2, 0) is 19.6 Å². The van der Waals surface area contributed by atoms with Crippen LogP contribution in [0, 0.1) is 42.7 Å². The van der Waals surface area contributed by atoms with Crippen molar-refractivity contribution >= 4 is 161 Å². The van der Waals surface area contributed by atoms with Gasteiger partial charge in [0.1, 0.15) is 42.8 Å². The third-order valence-electron chi connectivity index (χ3n) is 6.57. The van der Waals surface area contributed by atoms with Crippen molar-refractivity contribution in [3.05, 3.63) is 97.9 Å². The molecule has 0 aliphatic rings. The summed E-state index contributed by atoms with van der Waals surface area (Å²) in [6.07, 6.45) is 0. The van der Waals surface area contributed by atoms with Crippen molar-refractivity contribution < 1.29 is 41.5 Å². The first-order valence-electron chi connectivity index (χ1n) is 13.6. The minimum atomic E-state index is -4.94. The Balaban J connectivity index is 1.92. The Morgan fingerprint density at radius 2 is 1.06 bits per heavy atom. The summed E-state index contributed by atoms with van der Waals surface area (Å²) in [5.41, 5.74) is -0.615. The molecule has 0 aliphatic carbocycles. The van der Waals surface area contributed by atoms with E-state index in [1.807, 2.05) is 0 Å². The van der Waals surface area contributed by atoms with Gasteiger partial charge in [-0.2, -0.15) is 8.42 Å². The summed E-state index contributed by atoms with van der Waals surface area (Å²) in [5, 5.41) is 19.2. The van der Waals surface area contributed by atoms with Gasteiger partial charge in [-0.3, -0.25) is 4.55 Å². The summed E-state index contributed by atoms with van der Waals surface area (Å²) in [4.78, 5) is 31.7. The highest BCUT2D eigenvalue weighted by atomic mass is 79.9. The van der Waals surface area contributed by atoms with E-state index in [1.165, 1.54) is 12.1 Å². The lowest BCUT2D eigenvalue weighted by atomic mass is 10.1. The standard InChI is InChI=1S/C31H14Br8N4O9S/c1-12-19(22(33)25(36)24(35)21(12)32)30(44)51-6-4-49-17-8-14(16(11-41)43-3)18(9-13(17)15(10-40)42-2)50-5-7-52-31(45)20-23(34)26(37)27(38)28(39)29(20)53(46,47)48/h8-9H,4-7H2,1H3,(H,46,47,48)/b15-13-,16-14+. The second-order valence-corrected chi connectivity index (χ2v) is 17.4. The zero-order valence-electron chi connectivity index (χ0n) is 25.9. The zero-order chi connectivity index (χ0) is 39.9. The molecule has 0 bridgehead atoms. The molecule has 3 rings (SSSR count). The van der Waals surface area contributed by atoms with E-state index >= 15 is 0 Å². The summed E-state index contributed by atoms with van der Waals surface area (Å²) in [5.74, 6) is -2.13. The van der Waals surface area contributed by atoms with Crippen LogP contribution in [0.2, 0.25) is 0 Å². The van der Waals surface area contributed by atoms with Crippen molar-refractivity contribution in [2.45, 2.75) is 11.8 Å². The van der Waals surface area contributed by atoms with Gasteiger partial charge in [0, 0.05) is 41.7 Å². The Labute approximate surface area is 368 Å². The smallest absolute Gasteiger partial charge is 0.340 e. The lowest BCUT2D eigenvalue weighted by Gasteiger charge is -2.16. The van der Waals surface area contributed by atoms with E-state index in [9.17, 15) is 33.1 Å². The second kappa shape index (κ2) is 19.5. The van der Waals surface area contributed by atoms with Crippen molar-refractivity contribution in [2.24, 2.45) is 0 Å². The minimum Gasteiger partial charge on any atom is -0.491 e. The molecular formula is C31H14Br8N4O9S. The average molecular weight is 1260 g/mol. The van der Waals surface area contributed by atoms with Gasteiger partial charge in [-0.05, 0) is 152 Å².